The molecule has 0 spiro atoms. The van der Waals surface area contributed by atoms with Gasteiger partial charge in [0.1, 0.15) is 16.7 Å². The molecule has 5 rings (SSSR count). The van der Waals surface area contributed by atoms with Gasteiger partial charge in [0.25, 0.3) is 0 Å². The van der Waals surface area contributed by atoms with Crippen LogP contribution < -0.4 is 10.2 Å². The van der Waals surface area contributed by atoms with Gasteiger partial charge in [0.15, 0.2) is 11.6 Å². The van der Waals surface area contributed by atoms with E-state index in [4.69, 9.17) is 16.1 Å². The Balaban J connectivity index is 1.38. The topological polar surface area (TPSA) is 109 Å². The van der Waals surface area contributed by atoms with Gasteiger partial charge in [0, 0.05) is 36.6 Å². The lowest BCUT2D eigenvalue weighted by Crippen LogP contribution is -2.42. The van der Waals surface area contributed by atoms with Crippen LogP contribution in [0.4, 0.5) is 17.6 Å². The lowest BCUT2D eigenvalue weighted by molar-refractivity contribution is 0.315. The van der Waals surface area contributed by atoms with Crippen molar-refractivity contribution in [1.82, 2.24) is 30.3 Å². The first-order valence-electron chi connectivity index (χ1n) is 9.14. The van der Waals surface area contributed by atoms with Gasteiger partial charge in [0.2, 0.25) is 5.95 Å². The van der Waals surface area contributed by atoms with Crippen LogP contribution in [-0.2, 0) is 0 Å². The molecule has 1 aliphatic heterocycles. The highest BCUT2D eigenvalue weighted by atomic mass is 35.5. The van der Waals surface area contributed by atoms with Crippen LogP contribution in [-0.4, -0.2) is 36.9 Å². The second kappa shape index (κ2) is 7.17. The van der Waals surface area contributed by atoms with Gasteiger partial charge in [-0.15, -0.1) is 0 Å². The Morgan fingerprint density at radius 3 is 2.83 bits per heavy atom. The number of hydrogen-bond acceptors (Lipinski definition) is 8. The van der Waals surface area contributed by atoms with E-state index in [9.17, 15) is 0 Å². The highest BCUT2D eigenvalue weighted by Crippen LogP contribution is 2.38. The average Bonchev–Trinajstić information content (AvgIpc) is 3.30. The Labute approximate surface area is 171 Å². The van der Waals surface area contributed by atoms with Gasteiger partial charge in [-0.2, -0.15) is 10.1 Å². The smallest absolute Gasteiger partial charge is 0.229 e. The van der Waals surface area contributed by atoms with E-state index in [0.29, 0.717) is 28.4 Å². The lowest BCUT2D eigenvalue weighted by atomic mass is 10.0. The van der Waals surface area contributed by atoms with Gasteiger partial charge in [0.05, 0.1) is 11.7 Å². The highest BCUT2D eigenvalue weighted by molar-refractivity contribution is 6.29. The predicted molar refractivity (Wildman–Crippen MR) is 108 cm³/mol. The van der Waals surface area contributed by atoms with Crippen LogP contribution in [0.5, 0.6) is 0 Å². The molecule has 4 aromatic rings. The maximum Gasteiger partial charge on any atom is 0.229 e. The number of rotatable bonds is 5. The van der Waals surface area contributed by atoms with Crippen molar-refractivity contribution < 1.29 is 4.52 Å². The fourth-order valence-corrected chi connectivity index (χ4v) is 3.39. The summed E-state index contributed by atoms with van der Waals surface area (Å²) in [5.41, 5.74) is 2.42. The summed E-state index contributed by atoms with van der Waals surface area (Å²) in [7, 11) is 0. The molecule has 1 atom stereocenters. The first-order chi connectivity index (χ1) is 14.2. The number of halogens is 1. The summed E-state index contributed by atoms with van der Waals surface area (Å²) in [6.07, 6.45) is 2.64. The number of H-pyrrole nitrogens is 1. The maximum absolute atomic E-state index is 6.23. The number of aromatic nitrogens is 6. The van der Waals surface area contributed by atoms with Gasteiger partial charge in [-0.05, 0) is 25.5 Å². The summed E-state index contributed by atoms with van der Waals surface area (Å²) in [6.45, 7) is 2.73. The molecular formula is C19H17ClN8O. The molecule has 146 valence electrons. The van der Waals surface area contributed by atoms with Crippen molar-refractivity contribution in [3.05, 3.63) is 59.2 Å². The molecule has 0 aliphatic carbocycles. The molecule has 4 aromatic heterocycles. The summed E-state index contributed by atoms with van der Waals surface area (Å²) in [5.74, 6) is 2.51. The van der Waals surface area contributed by atoms with Crippen molar-refractivity contribution in [3.63, 3.8) is 0 Å². The number of aryl methyl sites for hydroxylation is 1. The summed E-state index contributed by atoms with van der Waals surface area (Å²) < 4.78 is 5.58. The van der Waals surface area contributed by atoms with E-state index in [1.165, 1.54) is 0 Å². The van der Waals surface area contributed by atoms with Gasteiger partial charge >= 0.3 is 0 Å². The van der Waals surface area contributed by atoms with Crippen molar-refractivity contribution in [3.8, 4) is 11.4 Å². The van der Waals surface area contributed by atoms with Crippen molar-refractivity contribution in [1.29, 1.82) is 0 Å². The largest absolute Gasteiger partial charge is 0.358 e. The molecular weight excluding hydrogens is 392 g/mol. The zero-order valence-corrected chi connectivity index (χ0v) is 16.3. The Kier molecular flexibility index (Phi) is 4.36. The number of pyridine rings is 1. The van der Waals surface area contributed by atoms with E-state index in [0.717, 1.165) is 30.1 Å². The van der Waals surface area contributed by atoms with Crippen LogP contribution in [0.1, 0.15) is 23.9 Å². The number of nitrogens with one attached hydrogen (secondary N) is 2. The molecule has 29 heavy (non-hydrogen) atoms. The van der Waals surface area contributed by atoms with E-state index in [1.54, 1.807) is 12.3 Å². The van der Waals surface area contributed by atoms with Gasteiger partial charge in [-0.1, -0.05) is 22.8 Å². The van der Waals surface area contributed by atoms with Crippen LogP contribution >= 0.6 is 11.6 Å². The number of nitrogens with zero attached hydrogens (tertiary/aromatic N) is 6. The van der Waals surface area contributed by atoms with Crippen LogP contribution in [0.25, 0.3) is 11.4 Å². The molecule has 0 unspecified atom stereocenters. The van der Waals surface area contributed by atoms with Crippen LogP contribution in [0.3, 0.4) is 0 Å². The van der Waals surface area contributed by atoms with Crippen molar-refractivity contribution in [2.45, 2.75) is 19.4 Å². The molecule has 1 fully saturated rings. The second-order valence-corrected chi connectivity index (χ2v) is 7.15. The third-order valence-electron chi connectivity index (χ3n) is 4.71. The monoisotopic (exact) mass is 408 g/mol. The zero-order valence-electron chi connectivity index (χ0n) is 15.5. The first-order valence-corrected chi connectivity index (χ1v) is 9.52. The standard InChI is InChI=1S/C19H17ClN8O/c1-11-8-18(26-25-11)23-17-10-16(20)22-19(24-17)28-7-5-14(28)15-9-13(27-29-15)12-4-2-3-6-21-12/h2-4,6,8-10,14H,5,7H2,1H3,(H2,22,23,24,25,26)/t14-/m0/s1. The molecule has 10 heteroatoms. The van der Waals surface area contributed by atoms with E-state index >= 15 is 0 Å². The summed E-state index contributed by atoms with van der Waals surface area (Å²) in [5, 5.41) is 14.7. The summed E-state index contributed by atoms with van der Waals surface area (Å²) >= 11 is 6.23. The molecule has 0 radical (unpaired) electrons. The van der Waals surface area contributed by atoms with Crippen molar-refractivity contribution in [2.24, 2.45) is 0 Å². The molecule has 0 saturated carbocycles. The minimum absolute atomic E-state index is 0.00101. The van der Waals surface area contributed by atoms with E-state index in [1.807, 2.05) is 42.2 Å². The van der Waals surface area contributed by atoms with Gasteiger partial charge in [-0.3, -0.25) is 10.1 Å². The predicted octanol–water partition coefficient (Wildman–Crippen LogP) is 3.91. The zero-order chi connectivity index (χ0) is 19.8. The lowest BCUT2D eigenvalue weighted by Gasteiger charge is -2.39. The molecule has 2 N–H and O–H groups in total. The molecule has 9 nitrogen and oxygen atoms in total. The van der Waals surface area contributed by atoms with Crippen LogP contribution in [0, 0.1) is 6.92 Å². The minimum Gasteiger partial charge on any atom is -0.358 e. The first kappa shape index (κ1) is 17.6. The van der Waals surface area contributed by atoms with Gasteiger partial charge in [-0.25, -0.2) is 4.98 Å². The van der Waals surface area contributed by atoms with Crippen molar-refractivity contribution >= 4 is 29.2 Å². The third-order valence-corrected chi connectivity index (χ3v) is 4.90. The van der Waals surface area contributed by atoms with E-state index in [-0.39, 0.29) is 6.04 Å². The maximum atomic E-state index is 6.23. The molecule has 1 saturated heterocycles. The SMILES string of the molecule is Cc1cc(Nc2cc(Cl)nc(N3CC[C@H]3c3cc(-c4ccccn4)no3)n2)n[nH]1. The molecule has 0 amide bonds. The Bertz CT molecular complexity index is 1140. The number of hydrogen-bond donors (Lipinski definition) is 2. The third kappa shape index (κ3) is 3.52. The Morgan fingerprint density at radius 2 is 2.10 bits per heavy atom. The Morgan fingerprint density at radius 1 is 1.17 bits per heavy atom. The van der Waals surface area contributed by atoms with Crippen LogP contribution in [0.2, 0.25) is 5.15 Å². The van der Waals surface area contributed by atoms with Crippen LogP contribution in [0.15, 0.2) is 47.1 Å². The van der Waals surface area contributed by atoms with E-state index < -0.39 is 0 Å². The average molecular weight is 409 g/mol. The summed E-state index contributed by atoms with van der Waals surface area (Å²) in [6, 6.07) is 11.1. The quantitative estimate of drug-likeness (QED) is 0.478. The minimum atomic E-state index is -0.00101. The molecule has 0 bridgehead atoms. The Hall–Kier alpha value is -3.46. The number of anilines is 3. The van der Waals surface area contributed by atoms with Crippen molar-refractivity contribution in [2.75, 3.05) is 16.8 Å². The molecule has 5 heterocycles. The number of aromatic amines is 1. The molecule has 1 aliphatic rings. The van der Waals surface area contributed by atoms with Gasteiger partial charge < -0.3 is 14.7 Å². The normalized spacial score (nSPS) is 15.9. The fraction of sp³-hybridized carbons (Fsp3) is 0.211. The highest BCUT2D eigenvalue weighted by Gasteiger charge is 2.35. The second-order valence-electron chi connectivity index (χ2n) is 6.76. The fourth-order valence-electron chi connectivity index (χ4n) is 3.22. The van der Waals surface area contributed by atoms with E-state index in [2.05, 4.69) is 35.6 Å². The summed E-state index contributed by atoms with van der Waals surface area (Å²) in [4.78, 5) is 15.3. The molecule has 0 aromatic carbocycles.